The number of thiophene rings is 1. The van der Waals surface area contributed by atoms with Crippen LogP contribution in [-0.2, 0) is 13.1 Å². The van der Waals surface area contributed by atoms with Gasteiger partial charge in [-0.15, -0.1) is 11.3 Å². The van der Waals surface area contributed by atoms with Crippen LogP contribution in [0.25, 0.3) is 0 Å². The van der Waals surface area contributed by atoms with Gasteiger partial charge >= 0.3 is 0 Å². The molecule has 0 unspecified atom stereocenters. The molecule has 2 nitrogen and oxygen atoms in total. The van der Waals surface area contributed by atoms with E-state index in [1.165, 1.54) is 33.7 Å². The highest BCUT2D eigenvalue weighted by molar-refractivity contribution is 7.12. The van der Waals surface area contributed by atoms with Gasteiger partial charge in [0.2, 0.25) is 0 Å². The van der Waals surface area contributed by atoms with Gasteiger partial charge in [0.1, 0.15) is 0 Å². The van der Waals surface area contributed by atoms with Gasteiger partial charge in [0, 0.05) is 35.4 Å². The van der Waals surface area contributed by atoms with E-state index in [1.54, 1.807) is 0 Å². The molecule has 1 aromatic rings. The van der Waals surface area contributed by atoms with E-state index in [-0.39, 0.29) is 0 Å². The molecule has 1 aliphatic carbocycles. The molecule has 19 heavy (non-hydrogen) atoms. The van der Waals surface area contributed by atoms with Gasteiger partial charge in [0.05, 0.1) is 0 Å². The highest BCUT2D eigenvalue weighted by Crippen LogP contribution is 2.25. The van der Waals surface area contributed by atoms with Crippen LogP contribution in [0.2, 0.25) is 0 Å². The molecule has 1 heterocycles. The van der Waals surface area contributed by atoms with Crippen molar-refractivity contribution in [3.05, 3.63) is 33.5 Å². The zero-order valence-electron chi connectivity index (χ0n) is 12.5. The van der Waals surface area contributed by atoms with Gasteiger partial charge in [0.15, 0.2) is 0 Å². The molecule has 1 fully saturated rings. The Morgan fingerprint density at radius 1 is 1.53 bits per heavy atom. The second kappa shape index (κ2) is 6.69. The van der Waals surface area contributed by atoms with Crippen LogP contribution in [0.3, 0.4) is 0 Å². The highest BCUT2D eigenvalue weighted by atomic mass is 32.1. The molecule has 1 aromatic heterocycles. The van der Waals surface area contributed by atoms with Crippen molar-refractivity contribution < 1.29 is 0 Å². The Labute approximate surface area is 121 Å². The summed E-state index contributed by atoms with van der Waals surface area (Å²) in [5.74, 6) is 0. The molecule has 1 saturated carbocycles. The third kappa shape index (κ3) is 4.75. The lowest BCUT2D eigenvalue weighted by Crippen LogP contribution is -2.24. The van der Waals surface area contributed by atoms with Crippen LogP contribution in [0.4, 0.5) is 0 Å². The average molecular weight is 278 g/mol. The molecule has 0 aromatic carbocycles. The van der Waals surface area contributed by atoms with E-state index >= 15 is 0 Å². The number of rotatable bonds is 8. The van der Waals surface area contributed by atoms with E-state index in [2.05, 4.69) is 43.6 Å². The molecule has 0 radical (unpaired) electrons. The zero-order valence-corrected chi connectivity index (χ0v) is 13.3. The standard InChI is InChI=1S/C16H26N2S/c1-5-18(10-12(2)3)11-14-8-16(19-13(14)4)9-17-15-6-7-15/h8,15,17H,2,5-7,9-11H2,1,3-4H3. The second-order valence-corrected chi connectivity index (χ2v) is 7.05. The lowest BCUT2D eigenvalue weighted by atomic mass is 10.2. The molecule has 1 aliphatic rings. The molecule has 0 bridgehead atoms. The summed E-state index contributed by atoms with van der Waals surface area (Å²) in [4.78, 5) is 5.40. The van der Waals surface area contributed by atoms with E-state index in [0.29, 0.717) is 0 Å². The van der Waals surface area contributed by atoms with Crippen molar-refractivity contribution in [2.75, 3.05) is 13.1 Å². The van der Waals surface area contributed by atoms with Crippen molar-refractivity contribution in [3.63, 3.8) is 0 Å². The molecule has 0 saturated heterocycles. The van der Waals surface area contributed by atoms with Crippen LogP contribution in [0, 0.1) is 6.92 Å². The minimum atomic E-state index is 0.793. The van der Waals surface area contributed by atoms with Crippen LogP contribution in [0.5, 0.6) is 0 Å². The third-order valence-electron chi connectivity index (χ3n) is 3.55. The van der Waals surface area contributed by atoms with Crippen LogP contribution >= 0.6 is 11.3 Å². The van der Waals surface area contributed by atoms with Gasteiger partial charge < -0.3 is 5.32 Å². The highest BCUT2D eigenvalue weighted by Gasteiger charge is 2.20. The van der Waals surface area contributed by atoms with E-state index in [0.717, 1.165) is 32.2 Å². The Morgan fingerprint density at radius 2 is 2.26 bits per heavy atom. The van der Waals surface area contributed by atoms with Gasteiger partial charge in [-0.1, -0.05) is 19.1 Å². The number of nitrogens with zero attached hydrogens (tertiary/aromatic N) is 1. The maximum atomic E-state index is 4.02. The fraction of sp³-hybridized carbons (Fsp3) is 0.625. The number of likely N-dealkylation sites (N-methyl/N-ethyl adjacent to an activating group) is 1. The Hall–Kier alpha value is -0.640. The van der Waals surface area contributed by atoms with Crippen molar-refractivity contribution in [2.24, 2.45) is 0 Å². The van der Waals surface area contributed by atoms with Crippen LogP contribution in [0.1, 0.15) is 42.0 Å². The first kappa shape index (κ1) is 14.8. The largest absolute Gasteiger partial charge is 0.309 e. The zero-order chi connectivity index (χ0) is 13.8. The molecule has 106 valence electrons. The van der Waals surface area contributed by atoms with Crippen molar-refractivity contribution in [3.8, 4) is 0 Å². The number of hydrogen-bond acceptors (Lipinski definition) is 3. The summed E-state index contributed by atoms with van der Waals surface area (Å²) < 4.78 is 0. The molecular formula is C16H26N2S. The van der Waals surface area contributed by atoms with Crippen molar-refractivity contribution >= 4 is 11.3 Å². The van der Waals surface area contributed by atoms with Crippen LogP contribution in [-0.4, -0.2) is 24.0 Å². The summed E-state index contributed by atoms with van der Waals surface area (Å²) in [6.07, 6.45) is 2.72. The first-order valence-electron chi connectivity index (χ1n) is 7.26. The van der Waals surface area contributed by atoms with Crippen molar-refractivity contribution in [1.29, 1.82) is 0 Å². The normalized spacial score (nSPS) is 15.2. The summed E-state index contributed by atoms with van der Waals surface area (Å²) in [7, 11) is 0. The Bertz CT molecular complexity index is 432. The van der Waals surface area contributed by atoms with Gasteiger partial charge in [-0.3, -0.25) is 4.90 Å². The number of nitrogens with one attached hydrogen (secondary N) is 1. The summed E-state index contributed by atoms with van der Waals surface area (Å²) in [5, 5.41) is 3.60. The summed E-state index contributed by atoms with van der Waals surface area (Å²) in [5.41, 5.74) is 2.73. The predicted octanol–water partition coefficient (Wildman–Crippen LogP) is 3.71. The molecule has 3 heteroatoms. The molecule has 0 amide bonds. The quantitative estimate of drug-likeness (QED) is 0.729. The molecule has 0 spiro atoms. The minimum absolute atomic E-state index is 0.793. The fourth-order valence-corrected chi connectivity index (χ4v) is 3.27. The van der Waals surface area contributed by atoms with Gasteiger partial charge in [-0.2, -0.15) is 0 Å². The first-order valence-corrected chi connectivity index (χ1v) is 8.08. The number of aryl methyl sites for hydroxylation is 1. The first-order chi connectivity index (χ1) is 9.08. The molecule has 0 atom stereocenters. The van der Waals surface area contributed by atoms with Crippen molar-refractivity contribution in [2.45, 2.75) is 52.7 Å². The Morgan fingerprint density at radius 3 is 2.84 bits per heavy atom. The van der Waals surface area contributed by atoms with Gasteiger partial charge in [-0.05, 0) is 44.9 Å². The average Bonchev–Trinajstić information content (AvgIpc) is 3.11. The molecule has 2 rings (SSSR count). The molecule has 0 aliphatic heterocycles. The topological polar surface area (TPSA) is 15.3 Å². The van der Waals surface area contributed by atoms with E-state index in [4.69, 9.17) is 0 Å². The van der Waals surface area contributed by atoms with E-state index in [1.807, 2.05) is 11.3 Å². The smallest absolute Gasteiger partial charge is 0.0302 e. The number of hydrogen-bond donors (Lipinski definition) is 1. The molecule has 1 N–H and O–H groups in total. The summed E-state index contributed by atoms with van der Waals surface area (Å²) >= 11 is 1.94. The second-order valence-electron chi connectivity index (χ2n) is 5.71. The van der Waals surface area contributed by atoms with Gasteiger partial charge in [-0.25, -0.2) is 0 Å². The monoisotopic (exact) mass is 278 g/mol. The maximum absolute atomic E-state index is 4.02. The summed E-state index contributed by atoms with van der Waals surface area (Å²) in [6, 6.07) is 3.18. The molecular weight excluding hydrogens is 252 g/mol. The lowest BCUT2D eigenvalue weighted by molar-refractivity contribution is 0.304. The van der Waals surface area contributed by atoms with Crippen molar-refractivity contribution in [1.82, 2.24) is 10.2 Å². The van der Waals surface area contributed by atoms with Crippen LogP contribution in [0.15, 0.2) is 18.2 Å². The lowest BCUT2D eigenvalue weighted by Gasteiger charge is -2.20. The van der Waals surface area contributed by atoms with E-state index < -0.39 is 0 Å². The van der Waals surface area contributed by atoms with Crippen LogP contribution < -0.4 is 5.32 Å². The summed E-state index contributed by atoms with van der Waals surface area (Å²) in [6.45, 7) is 14.8. The Kier molecular flexibility index (Phi) is 5.20. The SMILES string of the molecule is C=C(C)CN(CC)Cc1cc(CNC2CC2)sc1C. The predicted molar refractivity (Wildman–Crippen MR) is 84.7 cm³/mol. The minimum Gasteiger partial charge on any atom is -0.309 e. The third-order valence-corrected chi connectivity index (χ3v) is 4.64. The van der Waals surface area contributed by atoms with Gasteiger partial charge in [0.25, 0.3) is 0 Å². The maximum Gasteiger partial charge on any atom is 0.0302 e. The van der Waals surface area contributed by atoms with E-state index in [9.17, 15) is 0 Å². The fourth-order valence-electron chi connectivity index (χ4n) is 2.27. The Balaban J connectivity index is 1.92.